The normalized spacial score (nSPS) is 23.2. The Morgan fingerprint density at radius 1 is 0.946 bits per heavy atom. The number of piperazine rings is 2. The molecule has 3 aliphatic heterocycles. The van der Waals surface area contributed by atoms with E-state index < -0.39 is 36.1 Å². The van der Waals surface area contributed by atoms with E-state index in [9.17, 15) is 19.2 Å². The van der Waals surface area contributed by atoms with Crippen molar-refractivity contribution in [3.8, 4) is 17.2 Å². The smallest absolute Gasteiger partial charge is 0.295 e. The summed E-state index contributed by atoms with van der Waals surface area (Å²) in [5.41, 5.74) is 0.0657. The van der Waals surface area contributed by atoms with Gasteiger partial charge in [0.1, 0.15) is 12.6 Å². The molecule has 3 aliphatic rings. The number of fused-ring (bicyclic) bond motifs is 4. The van der Waals surface area contributed by atoms with E-state index in [1.807, 2.05) is 0 Å². The van der Waals surface area contributed by atoms with Crippen molar-refractivity contribution in [2.45, 2.75) is 43.7 Å². The van der Waals surface area contributed by atoms with Gasteiger partial charge in [0, 0.05) is 26.3 Å². The average molecular weight is 520 g/mol. The number of methoxy groups -OCH3 is 5. The van der Waals surface area contributed by atoms with E-state index in [-0.39, 0.29) is 48.5 Å². The summed E-state index contributed by atoms with van der Waals surface area (Å²) >= 11 is 0. The van der Waals surface area contributed by atoms with Crippen LogP contribution in [0.3, 0.4) is 0 Å². The van der Waals surface area contributed by atoms with Gasteiger partial charge in [-0.2, -0.15) is 0 Å². The van der Waals surface area contributed by atoms with E-state index in [1.54, 1.807) is 9.80 Å². The molecule has 2 bridgehead atoms. The van der Waals surface area contributed by atoms with Crippen LogP contribution < -0.4 is 14.2 Å². The highest BCUT2D eigenvalue weighted by Gasteiger charge is 2.54. The molecule has 3 unspecified atom stereocenters. The van der Waals surface area contributed by atoms with Crippen LogP contribution in [0.25, 0.3) is 0 Å². The Labute approximate surface area is 215 Å². The number of Topliss-reactive ketones (excluding diaryl/α,β-unsaturated/α-hetero) is 1. The van der Waals surface area contributed by atoms with Gasteiger partial charge in [-0.1, -0.05) is 0 Å². The second-order valence-electron chi connectivity index (χ2n) is 9.20. The summed E-state index contributed by atoms with van der Waals surface area (Å²) in [6, 6.07) is 1.21. The summed E-state index contributed by atoms with van der Waals surface area (Å²) in [4.78, 5) is 58.0. The molecule has 12 nitrogen and oxygen atoms in total. The zero-order chi connectivity index (χ0) is 26.9. The molecule has 37 heavy (non-hydrogen) atoms. The van der Waals surface area contributed by atoms with Gasteiger partial charge >= 0.3 is 0 Å². The van der Waals surface area contributed by atoms with Crippen LogP contribution in [-0.4, -0.2) is 118 Å². The molecule has 0 saturated carbocycles. The van der Waals surface area contributed by atoms with Gasteiger partial charge < -0.3 is 38.4 Å². The van der Waals surface area contributed by atoms with Crippen LogP contribution in [0.4, 0.5) is 0 Å². The third kappa shape index (κ3) is 4.71. The first kappa shape index (κ1) is 26.7. The molecule has 3 fully saturated rings. The SMILES string of the molecule is COc1cc(C(=O)C(=O)N2C3CCCC2C2CN(CC(OC)OC)C(=O)CN2C3=O)cc(OC)c1OC. The molecule has 1 aromatic carbocycles. The Hall–Kier alpha value is -3.38. The van der Waals surface area contributed by atoms with E-state index in [4.69, 9.17) is 23.7 Å². The third-order valence-corrected chi connectivity index (χ3v) is 7.40. The lowest BCUT2D eigenvalue weighted by Crippen LogP contribution is -2.75. The van der Waals surface area contributed by atoms with Crippen molar-refractivity contribution in [1.82, 2.24) is 14.7 Å². The molecule has 0 aliphatic carbocycles. The van der Waals surface area contributed by atoms with Crippen molar-refractivity contribution in [2.75, 3.05) is 55.2 Å². The van der Waals surface area contributed by atoms with Crippen molar-refractivity contribution >= 4 is 23.5 Å². The molecule has 0 spiro atoms. The molecule has 0 aromatic heterocycles. The second kappa shape index (κ2) is 10.9. The summed E-state index contributed by atoms with van der Waals surface area (Å²) in [6.07, 6.45) is 1.16. The number of carbonyl (C=O) groups excluding carboxylic acids is 4. The number of ether oxygens (including phenoxy) is 5. The topological polar surface area (TPSA) is 124 Å². The standard InChI is InChI=1S/C25H33N3O9/c1-33-18-9-14(10-19(34-2)23(18)37-5)22(30)25(32)28-15-7-6-8-16(28)24(31)27-12-20(29)26(11-17(15)27)13-21(35-3)36-4/h9-10,15-17,21H,6-8,11-13H2,1-5H3. The van der Waals surface area contributed by atoms with Crippen molar-refractivity contribution in [2.24, 2.45) is 0 Å². The van der Waals surface area contributed by atoms with Gasteiger partial charge in [-0.15, -0.1) is 0 Å². The molecule has 3 heterocycles. The minimum atomic E-state index is -0.793. The maximum absolute atomic E-state index is 13.7. The maximum atomic E-state index is 13.7. The highest BCUT2D eigenvalue weighted by atomic mass is 16.7. The van der Waals surface area contributed by atoms with E-state index in [0.717, 1.165) is 6.42 Å². The van der Waals surface area contributed by atoms with Gasteiger partial charge in [0.25, 0.3) is 11.7 Å². The lowest BCUT2D eigenvalue weighted by Gasteiger charge is -2.56. The van der Waals surface area contributed by atoms with Gasteiger partial charge in [0.15, 0.2) is 17.8 Å². The fourth-order valence-electron chi connectivity index (χ4n) is 5.55. The highest BCUT2D eigenvalue weighted by molar-refractivity contribution is 6.43. The number of piperidine rings is 1. The molecular weight excluding hydrogens is 486 g/mol. The molecule has 0 radical (unpaired) electrons. The fourth-order valence-corrected chi connectivity index (χ4v) is 5.55. The third-order valence-electron chi connectivity index (χ3n) is 7.40. The summed E-state index contributed by atoms with van der Waals surface area (Å²) in [5.74, 6) is -1.29. The van der Waals surface area contributed by atoms with Crippen molar-refractivity contribution in [3.63, 3.8) is 0 Å². The van der Waals surface area contributed by atoms with Crippen LogP contribution in [-0.2, 0) is 23.9 Å². The van der Waals surface area contributed by atoms with Crippen molar-refractivity contribution in [3.05, 3.63) is 17.7 Å². The molecule has 202 valence electrons. The van der Waals surface area contributed by atoms with E-state index in [1.165, 1.54) is 52.6 Å². The summed E-state index contributed by atoms with van der Waals surface area (Å²) in [7, 11) is 7.26. The molecule has 0 N–H and O–H groups in total. The van der Waals surface area contributed by atoms with Gasteiger partial charge in [-0.3, -0.25) is 19.2 Å². The van der Waals surface area contributed by atoms with Gasteiger partial charge in [-0.05, 0) is 31.4 Å². The second-order valence-corrected chi connectivity index (χ2v) is 9.20. The van der Waals surface area contributed by atoms with Crippen LogP contribution in [0.5, 0.6) is 17.2 Å². The zero-order valence-corrected chi connectivity index (χ0v) is 21.7. The Bertz CT molecular complexity index is 1050. The molecule has 3 atom stereocenters. The van der Waals surface area contributed by atoms with Crippen LogP contribution in [0.15, 0.2) is 12.1 Å². The zero-order valence-electron chi connectivity index (χ0n) is 21.7. The molecule has 4 rings (SSSR count). The monoisotopic (exact) mass is 519 g/mol. The van der Waals surface area contributed by atoms with Crippen molar-refractivity contribution < 1.29 is 42.9 Å². The van der Waals surface area contributed by atoms with E-state index in [2.05, 4.69) is 0 Å². The summed E-state index contributed by atoms with van der Waals surface area (Å²) < 4.78 is 26.5. The lowest BCUT2D eigenvalue weighted by atomic mass is 9.83. The van der Waals surface area contributed by atoms with Gasteiger partial charge in [-0.25, -0.2) is 0 Å². The number of nitrogens with zero attached hydrogens (tertiary/aromatic N) is 3. The average Bonchev–Trinajstić information content (AvgIpc) is 2.93. The van der Waals surface area contributed by atoms with Gasteiger partial charge in [0.2, 0.25) is 17.6 Å². The molecule has 3 saturated heterocycles. The number of hydrogen-bond acceptors (Lipinski definition) is 9. The number of amides is 3. The number of benzene rings is 1. The maximum Gasteiger partial charge on any atom is 0.295 e. The minimum Gasteiger partial charge on any atom is -0.493 e. The van der Waals surface area contributed by atoms with Crippen LogP contribution in [0, 0.1) is 0 Å². The highest BCUT2D eigenvalue weighted by Crippen LogP contribution is 2.40. The van der Waals surface area contributed by atoms with E-state index >= 15 is 0 Å². The molecule has 1 aromatic rings. The first-order chi connectivity index (χ1) is 17.8. The first-order valence-electron chi connectivity index (χ1n) is 12.1. The first-order valence-corrected chi connectivity index (χ1v) is 12.1. The fraction of sp³-hybridized carbons (Fsp3) is 0.600. The summed E-state index contributed by atoms with van der Waals surface area (Å²) in [5, 5.41) is 0. The number of ketones is 1. The Morgan fingerprint density at radius 2 is 1.59 bits per heavy atom. The number of rotatable bonds is 9. The van der Waals surface area contributed by atoms with E-state index in [0.29, 0.717) is 18.6 Å². The van der Waals surface area contributed by atoms with Gasteiger partial charge in [0.05, 0.1) is 40.0 Å². The Morgan fingerprint density at radius 3 is 2.16 bits per heavy atom. The minimum absolute atomic E-state index is 0.0657. The molecule has 12 heteroatoms. The lowest BCUT2D eigenvalue weighted by molar-refractivity contribution is -0.176. The Kier molecular flexibility index (Phi) is 7.88. The largest absolute Gasteiger partial charge is 0.493 e. The quantitative estimate of drug-likeness (QED) is 0.258. The molecular formula is C25H33N3O9. The number of hydrogen-bond donors (Lipinski definition) is 0. The molecule has 3 amide bonds. The van der Waals surface area contributed by atoms with Crippen LogP contribution in [0.1, 0.15) is 29.6 Å². The predicted octanol–water partition coefficient (Wildman–Crippen LogP) is 0.317. The van der Waals surface area contributed by atoms with Crippen LogP contribution >= 0.6 is 0 Å². The summed E-state index contributed by atoms with van der Waals surface area (Å²) in [6.45, 7) is 0.325. The number of carbonyl (C=O) groups is 4. The predicted molar refractivity (Wildman–Crippen MR) is 129 cm³/mol. The van der Waals surface area contributed by atoms with Crippen molar-refractivity contribution in [1.29, 1.82) is 0 Å². The van der Waals surface area contributed by atoms with Crippen LogP contribution in [0.2, 0.25) is 0 Å². The Balaban J connectivity index is 1.64.